The first kappa shape index (κ1) is 24.3. The molecular formula is C26H21FN8O3. The number of hydrogen-bond acceptors (Lipinski definition) is 9. The Bertz CT molecular complexity index is 1590. The molecule has 2 aromatic heterocycles. The third-order valence-electron chi connectivity index (χ3n) is 5.50. The first-order chi connectivity index (χ1) is 18.5. The molecule has 190 valence electrons. The lowest BCUT2D eigenvalue weighted by Crippen LogP contribution is -2.19. The first-order valence-corrected chi connectivity index (χ1v) is 11.4. The highest BCUT2D eigenvalue weighted by Crippen LogP contribution is 2.26. The molecule has 11 nitrogen and oxygen atoms in total. The summed E-state index contributed by atoms with van der Waals surface area (Å²) in [6.07, 6.45) is 1.45. The molecule has 0 unspecified atom stereocenters. The van der Waals surface area contributed by atoms with Gasteiger partial charge in [0.05, 0.1) is 6.21 Å². The van der Waals surface area contributed by atoms with E-state index < -0.39 is 5.91 Å². The number of carbonyl (C=O) groups is 1. The first-order valence-electron chi connectivity index (χ1n) is 11.4. The van der Waals surface area contributed by atoms with Crippen LogP contribution in [0.25, 0.3) is 17.1 Å². The van der Waals surface area contributed by atoms with Gasteiger partial charge in [-0.15, -0.1) is 5.10 Å². The molecule has 0 atom stereocenters. The number of hydrogen-bond donors (Lipinski definition) is 2. The Morgan fingerprint density at radius 1 is 1.11 bits per heavy atom. The molecule has 5 rings (SSSR count). The van der Waals surface area contributed by atoms with E-state index in [4.69, 9.17) is 15.1 Å². The highest BCUT2D eigenvalue weighted by molar-refractivity contribution is 5.99. The molecule has 0 saturated carbocycles. The summed E-state index contributed by atoms with van der Waals surface area (Å²) in [4.78, 5) is 13.1. The van der Waals surface area contributed by atoms with Gasteiger partial charge in [0.1, 0.15) is 23.9 Å². The van der Waals surface area contributed by atoms with Gasteiger partial charge in [-0.25, -0.2) is 14.4 Å². The third-order valence-corrected chi connectivity index (χ3v) is 5.50. The fourth-order valence-corrected chi connectivity index (χ4v) is 3.57. The van der Waals surface area contributed by atoms with Gasteiger partial charge in [-0.2, -0.15) is 9.78 Å². The molecule has 0 spiro atoms. The van der Waals surface area contributed by atoms with E-state index >= 15 is 0 Å². The minimum Gasteiger partial charge on any atom is -0.488 e. The van der Waals surface area contributed by atoms with Crippen molar-refractivity contribution < 1.29 is 18.6 Å². The fraction of sp³-hybridized carbons (Fsp3) is 0.0769. The second kappa shape index (κ2) is 10.7. The largest absolute Gasteiger partial charge is 0.488 e. The van der Waals surface area contributed by atoms with Crippen molar-refractivity contribution in [3.05, 3.63) is 101 Å². The molecule has 3 N–H and O–H groups in total. The van der Waals surface area contributed by atoms with E-state index in [0.29, 0.717) is 22.6 Å². The number of halogens is 1. The molecule has 3 aromatic carbocycles. The van der Waals surface area contributed by atoms with Crippen molar-refractivity contribution in [3.8, 4) is 22.8 Å². The number of benzene rings is 3. The van der Waals surface area contributed by atoms with Gasteiger partial charge in [-0.1, -0.05) is 59.3 Å². The molecule has 5 aromatic rings. The molecule has 0 radical (unpaired) electrons. The minimum absolute atomic E-state index is 0.00533. The standard InChI is InChI=1S/C26H21FN8O3/c1-16-6-10-18(11-7-16)23-22(30-34-35(23)25-24(28)32-38-33-25)26(36)31-29-14-19-4-2-3-5-21(19)37-15-17-8-12-20(27)13-9-17/h2-14H,15H2,1H3,(H2,28,32)(H,31,36)/b29-14+. The van der Waals surface area contributed by atoms with Gasteiger partial charge in [0, 0.05) is 11.1 Å². The Morgan fingerprint density at radius 2 is 1.87 bits per heavy atom. The normalized spacial score (nSPS) is 11.1. The topological polar surface area (TPSA) is 146 Å². The Balaban J connectivity index is 1.36. The molecular weight excluding hydrogens is 491 g/mol. The van der Waals surface area contributed by atoms with Gasteiger partial charge >= 0.3 is 0 Å². The molecule has 0 fully saturated rings. The lowest BCUT2D eigenvalue weighted by atomic mass is 10.1. The molecule has 2 heterocycles. The van der Waals surface area contributed by atoms with Crippen molar-refractivity contribution in [1.29, 1.82) is 0 Å². The number of nitrogen functional groups attached to an aromatic ring is 1. The van der Waals surface area contributed by atoms with Crippen molar-refractivity contribution in [3.63, 3.8) is 0 Å². The molecule has 0 aliphatic heterocycles. The summed E-state index contributed by atoms with van der Waals surface area (Å²) < 4.78 is 25.0. The number of anilines is 1. The van der Waals surface area contributed by atoms with Crippen molar-refractivity contribution in [2.75, 3.05) is 5.73 Å². The number of rotatable bonds is 8. The summed E-state index contributed by atoms with van der Waals surface area (Å²) in [5.74, 6) is -0.296. The average molecular weight is 513 g/mol. The highest BCUT2D eigenvalue weighted by atomic mass is 19.1. The van der Waals surface area contributed by atoms with Crippen molar-refractivity contribution >= 4 is 17.9 Å². The predicted octanol–water partition coefficient (Wildman–Crippen LogP) is 3.69. The summed E-state index contributed by atoms with van der Waals surface area (Å²) in [6.45, 7) is 2.18. The van der Waals surface area contributed by atoms with Crippen molar-refractivity contribution in [2.45, 2.75) is 13.5 Å². The maximum atomic E-state index is 13.2. The SMILES string of the molecule is Cc1ccc(-c2c(C(=O)N/N=C/c3ccccc3OCc3ccc(F)cc3)nnn2-c2nonc2N)cc1. The number of nitrogens with two attached hydrogens (primary N) is 1. The average Bonchev–Trinajstić information content (AvgIpc) is 3.55. The molecule has 12 heteroatoms. The number of nitrogens with one attached hydrogen (secondary N) is 1. The monoisotopic (exact) mass is 512 g/mol. The van der Waals surface area contributed by atoms with Crippen LogP contribution in [0.15, 0.2) is 82.5 Å². The zero-order valence-electron chi connectivity index (χ0n) is 20.1. The molecule has 1 amide bonds. The third kappa shape index (κ3) is 5.23. The predicted molar refractivity (Wildman–Crippen MR) is 136 cm³/mol. The fourth-order valence-electron chi connectivity index (χ4n) is 3.57. The van der Waals surface area contributed by atoms with Crippen LogP contribution in [0.1, 0.15) is 27.2 Å². The second-order valence-electron chi connectivity index (χ2n) is 8.19. The van der Waals surface area contributed by atoms with Crippen LogP contribution in [0, 0.1) is 12.7 Å². The number of carbonyl (C=O) groups excluding carboxylic acids is 1. The Morgan fingerprint density at radius 3 is 2.61 bits per heavy atom. The second-order valence-corrected chi connectivity index (χ2v) is 8.19. The highest BCUT2D eigenvalue weighted by Gasteiger charge is 2.25. The minimum atomic E-state index is -0.609. The maximum absolute atomic E-state index is 13.2. The van der Waals surface area contributed by atoms with Gasteiger partial charge < -0.3 is 10.5 Å². The van der Waals surface area contributed by atoms with E-state index in [9.17, 15) is 9.18 Å². The van der Waals surface area contributed by atoms with Gasteiger partial charge in [-0.05, 0) is 47.1 Å². The molecule has 0 bridgehead atoms. The summed E-state index contributed by atoms with van der Waals surface area (Å²) in [5.41, 5.74) is 11.8. The molecule has 38 heavy (non-hydrogen) atoms. The number of amides is 1. The van der Waals surface area contributed by atoms with Gasteiger partial charge in [-0.3, -0.25) is 4.79 Å². The zero-order chi connectivity index (χ0) is 26.5. The van der Waals surface area contributed by atoms with Crippen LogP contribution in [0.2, 0.25) is 0 Å². The van der Waals surface area contributed by atoms with E-state index in [0.717, 1.165) is 11.1 Å². The quantitative estimate of drug-likeness (QED) is 0.236. The molecule has 0 aliphatic rings. The summed E-state index contributed by atoms with van der Waals surface area (Å²) in [5, 5.41) is 19.5. The summed E-state index contributed by atoms with van der Waals surface area (Å²) in [7, 11) is 0. The molecule has 0 aliphatic carbocycles. The van der Waals surface area contributed by atoms with E-state index in [1.54, 1.807) is 24.3 Å². The van der Waals surface area contributed by atoms with Gasteiger partial charge in [0.2, 0.25) is 11.6 Å². The van der Waals surface area contributed by atoms with Crippen molar-refractivity contribution in [2.24, 2.45) is 5.10 Å². The number of ether oxygens (including phenoxy) is 1. The van der Waals surface area contributed by atoms with Crippen LogP contribution in [0.4, 0.5) is 10.2 Å². The van der Waals surface area contributed by atoms with E-state index in [-0.39, 0.29) is 29.8 Å². The molecule has 0 saturated heterocycles. The number of aryl methyl sites for hydroxylation is 1. The smallest absolute Gasteiger partial charge is 0.294 e. The number of para-hydroxylation sites is 1. The van der Waals surface area contributed by atoms with Crippen LogP contribution in [0.3, 0.4) is 0 Å². The van der Waals surface area contributed by atoms with Crippen LogP contribution >= 0.6 is 0 Å². The number of nitrogens with zero attached hydrogens (tertiary/aromatic N) is 6. The van der Waals surface area contributed by atoms with Crippen LogP contribution in [-0.4, -0.2) is 37.4 Å². The Labute approximate surface area is 215 Å². The number of hydrazone groups is 1. The van der Waals surface area contributed by atoms with E-state index in [2.05, 4.69) is 31.2 Å². The van der Waals surface area contributed by atoms with Crippen LogP contribution in [0.5, 0.6) is 5.75 Å². The number of aromatic nitrogens is 5. The Hall–Kier alpha value is -5.39. The van der Waals surface area contributed by atoms with E-state index in [1.165, 1.54) is 23.0 Å². The lowest BCUT2D eigenvalue weighted by Gasteiger charge is -2.09. The summed E-state index contributed by atoms with van der Waals surface area (Å²) >= 11 is 0. The van der Waals surface area contributed by atoms with Crippen molar-refractivity contribution in [1.82, 2.24) is 30.7 Å². The van der Waals surface area contributed by atoms with Gasteiger partial charge in [0.25, 0.3) is 5.91 Å². The summed E-state index contributed by atoms with van der Waals surface area (Å²) in [6, 6.07) is 20.6. The van der Waals surface area contributed by atoms with E-state index in [1.807, 2.05) is 43.3 Å². The zero-order valence-corrected chi connectivity index (χ0v) is 20.1. The van der Waals surface area contributed by atoms with Gasteiger partial charge in [0.15, 0.2) is 5.69 Å². The van der Waals surface area contributed by atoms with Crippen LogP contribution < -0.4 is 15.9 Å². The Kier molecular flexibility index (Phi) is 6.85. The lowest BCUT2D eigenvalue weighted by molar-refractivity contribution is 0.0950. The van der Waals surface area contributed by atoms with Crippen LogP contribution in [-0.2, 0) is 6.61 Å². The maximum Gasteiger partial charge on any atom is 0.294 e.